The Morgan fingerprint density at radius 3 is 3.05 bits per heavy atom. The van der Waals surface area contributed by atoms with E-state index in [1.165, 1.54) is 0 Å². The van der Waals surface area contributed by atoms with Gasteiger partial charge in [-0.2, -0.15) is 0 Å². The monoisotopic (exact) mass is 260 g/mol. The van der Waals surface area contributed by atoms with Gasteiger partial charge in [0, 0.05) is 18.3 Å². The van der Waals surface area contributed by atoms with Crippen molar-refractivity contribution in [2.24, 2.45) is 0 Å². The summed E-state index contributed by atoms with van der Waals surface area (Å²) in [6.45, 7) is 1.99. The lowest BCUT2D eigenvalue weighted by Crippen LogP contribution is -2.29. The number of nitrogens with one attached hydrogen (secondary N) is 3. The number of imidazole rings is 1. The van der Waals surface area contributed by atoms with E-state index in [0.717, 1.165) is 30.9 Å². The fourth-order valence-electron chi connectivity index (χ4n) is 1.97. The van der Waals surface area contributed by atoms with E-state index >= 15 is 0 Å². The van der Waals surface area contributed by atoms with Crippen molar-refractivity contribution in [3.63, 3.8) is 0 Å². The molecular weight excluding hydrogens is 244 g/mol. The standard InChI is InChI=1S/C12H16N6O/c1-2-8(10-13-5-6-14-10)15-12(19)11-16-9(17-18-11)7-3-4-7/h5-8H,2-4H2,1H3,(H,13,14)(H,15,19)(H,16,17,18). The van der Waals surface area contributed by atoms with Gasteiger partial charge in [-0.15, -0.1) is 5.10 Å². The summed E-state index contributed by atoms with van der Waals surface area (Å²) in [6.07, 6.45) is 6.41. The van der Waals surface area contributed by atoms with Crippen LogP contribution in [0, 0.1) is 0 Å². The molecule has 7 heteroatoms. The third-order valence-corrected chi connectivity index (χ3v) is 3.23. The van der Waals surface area contributed by atoms with E-state index in [-0.39, 0.29) is 17.8 Å². The van der Waals surface area contributed by atoms with E-state index in [1.54, 1.807) is 12.4 Å². The smallest absolute Gasteiger partial charge is 0.291 e. The summed E-state index contributed by atoms with van der Waals surface area (Å²) in [4.78, 5) is 23.5. The van der Waals surface area contributed by atoms with Crippen LogP contribution in [0.4, 0.5) is 0 Å². The highest BCUT2D eigenvalue weighted by atomic mass is 16.2. The highest BCUT2D eigenvalue weighted by molar-refractivity contribution is 5.90. The van der Waals surface area contributed by atoms with Crippen molar-refractivity contribution in [3.8, 4) is 0 Å². The number of aromatic amines is 2. The second kappa shape index (κ2) is 4.83. The first-order chi connectivity index (χ1) is 9.28. The molecule has 100 valence electrons. The zero-order valence-electron chi connectivity index (χ0n) is 10.7. The maximum atomic E-state index is 12.1. The lowest BCUT2D eigenvalue weighted by atomic mass is 10.2. The fraction of sp³-hybridized carbons (Fsp3) is 0.500. The number of hydrogen-bond acceptors (Lipinski definition) is 4. The number of carbonyl (C=O) groups is 1. The molecule has 1 aliphatic carbocycles. The van der Waals surface area contributed by atoms with Crippen LogP contribution in [0.25, 0.3) is 0 Å². The van der Waals surface area contributed by atoms with Crippen molar-refractivity contribution >= 4 is 5.91 Å². The quantitative estimate of drug-likeness (QED) is 0.754. The average Bonchev–Trinajstić information content (AvgIpc) is 2.96. The number of hydrogen-bond donors (Lipinski definition) is 3. The van der Waals surface area contributed by atoms with Crippen LogP contribution in [-0.2, 0) is 0 Å². The van der Waals surface area contributed by atoms with Gasteiger partial charge in [-0.25, -0.2) is 9.97 Å². The Hall–Kier alpha value is -2.18. The largest absolute Gasteiger partial charge is 0.347 e. The minimum atomic E-state index is -0.272. The summed E-state index contributed by atoms with van der Waals surface area (Å²) in [5.41, 5.74) is 0. The Kier molecular flexibility index (Phi) is 3.02. The third-order valence-electron chi connectivity index (χ3n) is 3.23. The van der Waals surface area contributed by atoms with E-state index in [0.29, 0.717) is 5.92 Å². The molecule has 3 N–H and O–H groups in total. The van der Waals surface area contributed by atoms with E-state index in [1.807, 2.05) is 6.92 Å². The van der Waals surface area contributed by atoms with Gasteiger partial charge in [0.15, 0.2) is 0 Å². The summed E-state index contributed by atoms with van der Waals surface area (Å²) in [7, 11) is 0. The molecule has 0 aromatic carbocycles. The SMILES string of the molecule is CCC(NC(=O)c1n[nH]c(C2CC2)n1)c1ncc[nH]1. The van der Waals surface area contributed by atoms with Crippen LogP contribution in [0.15, 0.2) is 12.4 Å². The van der Waals surface area contributed by atoms with Gasteiger partial charge in [0.25, 0.3) is 5.91 Å². The number of aromatic nitrogens is 5. The highest BCUT2D eigenvalue weighted by Crippen LogP contribution is 2.37. The minimum Gasteiger partial charge on any atom is -0.347 e. The molecular formula is C12H16N6O. The van der Waals surface area contributed by atoms with Crippen LogP contribution < -0.4 is 5.32 Å². The van der Waals surface area contributed by atoms with Crippen molar-refractivity contribution in [1.29, 1.82) is 0 Å². The zero-order valence-corrected chi connectivity index (χ0v) is 10.7. The van der Waals surface area contributed by atoms with Gasteiger partial charge < -0.3 is 10.3 Å². The van der Waals surface area contributed by atoms with Crippen LogP contribution in [0.5, 0.6) is 0 Å². The third kappa shape index (κ3) is 2.49. The molecule has 0 bridgehead atoms. The Bertz CT molecular complexity index is 557. The second-order valence-corrected chi connectivity index (χ2v) is 4.73. The number of carbonyl (C=O) groups excluding carboxylic acids is 1. The maximum Gasteiger partial charge on any atom is 0.291 e. The average molecular weight is 260 g/mol. The van der Waals surface area contributed by atoms with E-state index in [4.69, 9.17) is 0 Å². The highest BCUT2D eigenvalue weighted by Gasteiger charge is 2.28. The molecule has 1 fully saturated rings. The number of rotatable bonds is 5. The summed E-state index contributed by atoms with van der Waals surface area (Å²) in [6, 6.07) is -0.148. The zero-order chi connectivity index (χ0) is 13.2. The van der Waals surface area contributed by atoms with Gasteiger partial charge >= 0.3 is 0 Å². The van der Waals surface area contributed by atoms with E-state index < -0.39 is 0 Å². The summed E-state index contributed by atoms with van der Waals surface area (Å²) >= 11 is 0. The summed E-state index contributed by atoms with van der Waals surface area (Å²) in [5.74, 6) is 1.95. The molecule has 7 nitrogen and oxygen atoms in total. The van der Waals surface area contributed by atoms with Crippen LogP contribution in [0.1, 0.15) is 60.4 Å². The Morgan fingerprint density at radius 2 is 2.42 bits per heavy atom. The van der Waals surface area contributed by atoms with Crippen molar-refractivity contribution in [2.45, 2.75) is 38.1 Å². The molecule has 2 aromatic heterocycles. The molecule has 2 aromatic rings. The van der Waals surface area contributed by atoms with Gasteiger partial charge in [0.05, 0.1) is 6.04 Å². The molecule has 1 amide bonds. The van der Waals surface area contributed by atoms with Crippen LogP contribution in [-0.4, -0.2) is 31.1 Å². The fourth-order valence-corrected chi connectivity index (χ4v) is 1.97. The van der Waals surface area contributed by atoms with Crippen molar-refractivity contribution in [3.05, 3.63) is 29.9 Å². The summed E-state index contributed by atoms with van der Waals surface area (Å²) in [5, 5.41) is 9.68. The van der Waals surface area contributed by atoms with Gasteiger partial charge in [-0.3, -0.25) is 9.89 Å². The van der Waals surface area contributed by atoms with Gasteiger partial charge in [0.2, 0.25) is 5.82 Å². The number of H-pyrrole nitrogens is 2. The molecule has 0 saturated heterocycles. The molecule has 1 aliphatic rings. The molecule has 0 radical (unpaired) electrons. The van der Waals surface area contributed by atoms with Crippen LogP contribution in [0.3, 0.4) is 0 Å². The first-order valence-corrected chi connectivity index (χ1v) is 6.50. The van der Waals surface area contributed by atoms with Crippen molar-refractivity contribution in [2.75, 3.05) is 0 Å². The Balaban J connectivity index is 1.68. The maximum absolute atomic E-state index is 12.1. The lowest BCUT2D eigenvalue weighted by Gasteiger charge is -2.12. The molecule has 1 atom stereocenters. The predicted octanol–water partition coefficient (Wildman–Crippen LogP) is 1.29. The minimum absolute atomic E-state index is 0.148. The normalized spacial score (nSPS) is 16.3. The lowest BCUT2D eigenvalue weighted by molar-refractivity contribution is 0.0923. The van der Waals surface area contributed by atoms with Crippen molar-refractivity contribution < 1.29 is 4.79 Å². The van der Waals surface area contributed by atoms with E-state index in [2.05, 4.69) is 30.5 Å². The van der Waals surface area contributed by atoms with E-state index in [9.17, 15) is 4.79 Å². The van der Waals surface area contributed by atoms with Gasteiger partial charge in [0.1, 0.15) is 11.6 Å². The van der Waals surface area contributed by atoms with Gasteiger partial charge in [-0.05, 0) is 19.3 Å². The van der Waals surface area contributed by atoms with Crippen LogP contribution >= 0.6 is 0 Å². The summed E-state index contributed by atoms with van der Waals surface area (Å²) < 4.78 is 0. The molecule has 0 aliphatic heterocycles. The molecule has 1 saturated carbocycles. The van der Waals surface area contributed by atoms with Crippen molar-refractivity contribution in [1.82, 2.24) is 30.5 Å². The number of amides is 1. The molecule has 0 spiro atoms. The topological polar surface area (TPSA) is 99.3 Å². The Morgan fingerprint density at radius 1 is 1.58 bits per heavy atom. The molecule has 2 heterocycles. The number of nitrogens with zero attached hydrogens (tertiary/aromatic N) is 3. The molecule has 19 heavy (non-hydrogen) atoms. The second-order valence-electron chi connectivity index (χ2n) is 4.73. The van der Waals surface area contributed by atoms with Gasteiger partial charge in [-0.1, -0.05) is 6.92 Å². The Labute approximate surface area is 110 Å². The first-order valence-electron chi connectivity index (χ1n) is 6.50. The molecule has 1 unspecified atom stereocenters. The predicted molar refractivity (Wildman–Crippen MR) is 67.4 cm³/mol. The van der Waals surface area contributed by atoms with Crippen LogP contribution in [0.2, 0.25) is 0 Å². The molecule has 3 rings (SSSR count). The first kappa shape index (κ1) is 11.9.